The fourth-order valence-electron chi connectivity index (χ4n) is 3.75. The lowest BCUT2D eigenvalue weighted by molar-refractivity contribution is -0.394. The minimum Gasteiger partial charge on any atom is -0.449 e. The predicted molar refractivity (Wildman–Crippen MR) is 145 cm³/mol. The Kier molecular flexibility index (Phi) is 7.04. The third-order valence-electron chi connectivity index (χ3n) is 5.56. The topological polar surface area (TPSA) is 146 Å². The normalized spacial score (nSPS) is 10.9. The molecule has 11 heteroatoms. The van der Waals surface area contributed by atoms with Crippen molar-refractivity contribution in [3.8, 4) is 34.1 Å². The van der Waals surface area contributed by atoms with Crippen molar-refractivity contribution in [2.75, 3.05) is 5.43 Å². The molecule has 0 atom stereocenters. The van der Waals surface area contributed by atoms with Gasteiger partial charge in [-0.25, -0.2) is 5.43 Å². The van der Waals surface area contributed by atoms with E-state index in [-0.39, 0.29) is 17.5 Å². The van der Waals surface area contributed by atoms with E-state index < -0.39 is 21.2 Å². The van der Waals surface area contributed by atoms with Gasteiger partial charge in [-0.05, 0) is 18.2 Å². The molecule has 0 aliphatic heterocycles. The molecule has 0 spiro atoms. The van der Waals surface area contributed by atoms with Gasteiger partial charge in [0.1, 0.15) is 11.4 Å². The second-order valence-corrected chi connectivity index (χ2v) is 8.10. The zero-order valence-corrected chi connectivity index (χ0v) is 20.1. The minimum atomic E-state index is -0.738. The smallest absolute Gasteiger partial charge is 0.318 e. The number of hydrogen-bond donors (Lipinski definition) is 1. The van der Waals surface area contributed by atoms with Crippen LogP contribution in [-0.2, 0) is 0 Å². The highest BCUT2D eigenvalue weighted by Gasteiger charge is 2.22. The van der Waals surface area contributed by atoms with Gasteiger partial charge in [0.05, 0.1) is 22.1 Å². The number of nitro groups is 2. The van der Waals surface area contributed by atoms with Gasteiger partial charge < -0.3 is 9.15 Å². The number of rotatable bonds is 9. The van der Waals surface area contributed by atoms with E-state index in [0.29, 0.717) is 17.0 Å². The van der Waals surface area contributed by atoms with Gasteiger partial charge in [0.15, 0.2) is 5.76 Å². The van der Waals surface area contributed by atoms with Crippen molar-refractivity contribution in [2.45, 2.75) is 0 Å². The molecule has 0 saturated heterocycles. The van der Waals surface area contributed by atoms with Crippen molar-refractivity contribution in [1.82, 2.24) is 4.98 Å². The lowest BCUT2D eigenvalue weighted by Crippen LogP contribution is -1.98. The average Bonchev–Trinajstić information content (AvgIpc) is 3.39. The average molecular weight is 521 g/mol. The summed E-state index contributed by atoms with van der Waals surface area (Å²) < 4.78 is 11.8. The number of nitro benzene ring substituents is 2. The molecule has 0 fully saturated rings. The summed E-state index contributed by atoms with van der Waals surface area (Å²) >= 11 is 0. The Balaban J connectivity index is 1.41. The van der Waals surface area contributed by atoms with E-state index in [1.807, 2.05) is 60.7 Å². The van der Waals surface area contributed by atoms with Gasteiger partial charge in [0.2, 0.25) is 5.75 Å². The number of para-hydroxylation sites is 1. The highest BCUT2D eigenvalue weighted by molar-refractivity contribution is 5.84. The molecule has 0 saturated carbocycles. The van der Waals surface area contributed by atoms with Crippen LogP contribution in [0.5, 0.6) is 11.5 Å². The maximum Gasteiger partial charge on any atom is 0.318 e. The van der Waals surface area contributed by atoms with Crippen LogP contribution in [0.2, 0.25) is 0 Å². The number of nitrogens with one attached hydrogen (secondary N) is 1. The second kappa shape index (κ2) is 11.0. The van der Waals surface area contributed by atoms with Crippen LogP contribution in [0.1, 0.15) is 5.56 Å². The summed E-state index contributed by atoms with van der Waals surface area (Å²) in [6, 6.07) is 29.2. The van der Waals surface area contributed by atoms with E-state index in [1.54, 1.807) is 24.3 Å². The van der Waals surface area contributed by atoms with E-state index in [2.05, 4.69) is 15.5 Å². The van der Waals surface area contributed by atoms with E-state index >= 15 is 0 Å². The van der Waals surface area contributed by atoms with E-state index in [9.17, 15) is 20.2 Å². The van der Waals surface area contributed by atoms with Crippen LogP contribution in [-0.4, -0.2) is 21.0 Å². The number of aromatic nitrogens is 1. The van der Waals surface area contributed by atoms with Crippen molar-refractivity contribution < 1.29 is 19.0 Å². The van der Waals surface area contributed by atoms with Gasteiger partial charge >= 0.3 is 11.7 Å². The fourth-order valence-corrected chi connectivity index (χ4v) is 3.75. The summed E-state index contributed by atoms with van der Waals surface area (Å²) in [6.07, 6.45) is 1.45. The molecule has 0 radical (unpaired) electrons. The zero-order chi connectivity index (χ0) is 27.2. The van der Waals surface area contributed by atoms with Crippen LogP contribution in [0.25, 0.3) is 22.6 Å². The largest absolute Gasteiger partial charge is 0.449 e. The Morgan fingerprint density at radius 3 is 2.15 bits per heavy atom. The summed E-state index contributed by atoms with van der Waals surface area (Å²) in [4.78, 5) is 25.6. The Morgan fingerprint density at radius 2 is 1.46 bits per heavy atom. The monoisotopic (exact) mass is 521 g/mol. The first-order valence-electron chi connectivity index (χ1n) is 11.6. The molecule has 0 aliphatic rings. The third kappa shape index (κ3) is 5.62. The van der Waals surface area contributed by atoms with Gasteiger partial charge in [-0.3, -0.25) is 20.2 Å². The predicted octanol–water partition coefficient (Wildman–Crippen LogP) is 7.06. The Morgan fingerprint density at radius 1 is 0.795 bits per heavy atom. The Labute approximate surface area is 221 Å². The van der Waals surface area contributed by atoms with Crippen molar-refractivity contribution >= 4 is 23.6 Å². The molecule has 0 bridgehead atoms. The zero-order valence-electron chi connectivity index (χ0n) is 20.1. The first-order chi connectivity index (χ1) is 19.0. The number of hydrazone groups is 1. The number of ether oxygens (including phenoxy) is 1. The summed E-state index contributed by atoms with van der Waals surface area (Å²) in [5.41, 5.74) is 4.70. The van der Waals surface area contributed by atoms with E-state index in [0.717, 1.165) is 23.3 Å². The first-order valence-corrected chi connectivity index (χ1v) is 11.6. The van der Waals surface area contributed by atoms with Crippen LogP contribution < -0.4 is 10.2 Å². The Hall–Kier alpha value is -5.84. The van der Waals surface area contributed by atoms with Crippen molar-refractivity contribution in [1.29, 1.82) is 0 Å². The fraction of sp³-hybridized carbons (Fsp3) is 0. The molecule has 1 aromatic heterocycles. The number of hydrogen-bond acceptors (Lipinski definition) is 9. The van der Waals surface area contributed by atoms with Gasteiger partial charge in [0, 0.05) is 22.8 Å². The summed E-state index contributed by atoms with van der Waals surface area (Å²) in [5, 5.41) is 26.7. The molecular weight excluding hydrogens is 502 g/mol. The van der Waals surface area contributed by atoms with Crippen LogP contribution in [0.15, 0.2) is 113 Å². The minimum absolute atomic E-state index is 0.146. The van der Waals surface area contributed by atoms with Gasteiger partial charge in [-0.15, -0.1) is 0 Å². The Bertz CT molecular complexity index is 1610. The highest BCUT2D eigenvalue weighted by atomic mass is 16.6. The molecule has 0 aliphatic carbocycles. The maximum atomic E-state index is 11.5. The molecular formula is C28H19N5O6. The number of nitrogens with zero attached hydrogens (tertiary/aromatic N) is 4. The van der Waals surface area contributed by atoms with Crippen molar-refractivity contribution in [3.63, 3.8) is 0 Å². The molecule has 5 rings (SSSR count). The molecule has 5 aromatic rings. The molecule has 192 valence electrons. The molecule has 11 nitrogen and oxygen atoms in total. The van der Waals surface area contributed by atoms with E-state index in [1.165, 1.54) is 12.3 Å². The van der Waals surface area contributed by atoms with Gasteiger partial charge in [0.25, 0.3) is 5.69 Å². The quantitative estimate of drug-likeness (QED) is 0.123. The second-order valence-electron chi connectivity index (χ2n) is 8.10. The molecule has 1 N–H and O–H groups in total. The first kappa shape index (κ1) is 24.8. The van der Waals surface area contributed by atoms with Crippen LogP contribution in [0.3, 0.4) is 0 Å². The lowest BCUT2D eigenvalue weighted by atomic mass is 10.1. The number of oxazole rings is 1. The van der Waals surface area contributed by atoms with E-state index in [4.69, 9.17) is 9.15 Å². The van der Waals surface area contributed by atoms with Crippen LogP contribution >= 0.6 is 0 Å². The summed E-state index contributed by atoms with van der Waals surface area (Å²) in [7, 11) is 0. The maximum absolute atomic E-state index is 11.5. The molecule has 0 amide bonds. The molecule has 39 heavy (non-hydrogen) atoms. The summed E-state index contributed by atoms with van der Waals surface area (Å²) in [6.45, 7) is 0. The highest BCUT2D eigenvalue weighted by Crippen LogP contribution is 2.36. The van der Waals surface area contributed by atoms with Crippen LogP contribution in [0.4, 0.5) is 17.4 Å². The van der Waals surface area contributed by atoms with Crippen molar-refractivity contribution in [2.24, 2.45) is 5.10 Å². The number of non-ortho nitro benzene ring substituents is 1. The number of anilines is 1. The SMILES string of the molecule is O=[N+]([O-])c1ccc(Oc2ccccc2/C=N/Nc2nc(-c3ccccc3)c(-c3ccccc3)o2)c([N+](=O)[O-])c1. The molecule has 1 heterocycles. The van der Waals surface area contributed by atoms with Gasteiger partial charge in [-0.2, -0.15) is 10.1 Å². The molecule has 0 unspecified atom stereocenters. The van der Waals surface area contributed by atoms with Crippen LogP contribution in [0, 0.1) is 20.2 Å². The standard InChI is InChI=1S/C28H19N5O6/c34-32(35)22-15-16-25(23(17-22)33(36)37)38-24-14-8-7-13-21(24)18-29-31-28-30-26(19-9-3-1-4-10-19)27(39-28)20-11-5-2-6-12-20/h1-18H,(H,30,31)/b29-18+. The third-order valence-corrected chi connectivity index (χ3v) is 5.56. The van der Waals surface area contributed by atoms with Crippen molar-refractivity contribution in [3.05, 3.63) is 129 Å². The van der Waals surface area contributed by atoms with Gasteiger partial charge in [-0.1, -0.05) is 72.8 Å². The lowest BCUT2D eigenvalue weighted by Gasteiger charge is -2.08. The number of benzene rings is 4. The molecule has 4 aromatic carbocycles. The summed E-state index contributed by atoms with van der Waals surface area (Å²) in [5.74, 6) is 0.684.